The lowest BCUT2D eigenvalue weighted by atomic mass is 9.86. The van der Waals surface area contributed by atoms with Crippen molar-refractivity contribution in [3.8, 4) is 0 Å². The van der Waals surface area contributed by atoms with Crippen LogP contribution in [0.25, 0.3) is 0 Å². The lowest BCUT2D eigenvalue weighted by Crippen LogP contribution is -2.47. The van der Waals surface area contributed by atoms with E-state index in [1.807, 2.05) is 45.0 Å². The molecule has 11 nitrogen and oxygen atoms in total. The number of anilines is 1. The number of amides is 4. The Morgan fingerprint density at radius 3 is 2.53 bits per heavy atom. The van der Waals surface area contributed by atoms with Gasteiger partial charge in [-0.1, -0.05) is 74.0 Å². The molecule has 4 rings (SSSR count). The van der Waals surface area contributed by atoms with Gasteiger partial charge in [-0.2, -0.15) is 0 Å². The molecule has 1 saturated carbocycles. The van der Waals surface area contributed by atoms with Crippen LogP contribution < -0.4 is 14.6 Å². The molecule has 1 aliphatic heterocycles. The van der Waals surface area contributed by atoms with Crippen LogP contribution in [0.5, 0.6) is 0 Å². The van der Waals surface area contributed by atoms with Gasteiger partial charge in [-0.15, -0.1) is 0 Å². The molecule has 0 aromatic heterocycles. The Bertz CT molecular complexity index is 1470. The van der Waals surface area contributed by atoms with Crippen LogP contribution in [0.3, 0.4) is 0 Å². The van der Waals surface area contributed by atoms with E-state index in [1.165, 1.54) is 6.42 Å². The molecule has 0 spiro atoms. The standard InChI is InChI=1S/C35H46ClN4O7SSi/c1-35(2,3)47-34(45)39-17-18-40(29-15-8-7-13-27(29)22-39)31(42)16-19-49(24-41)38-32(43)30(21-25-10-5-4-6-11-25)48-37-33(44)46-23-26-12-9-14-28(36)20-26/h7-9,12-15,20,24-25,30H,4-6,10-11,16-19,21-23H2,1-3H3,(H,37,44)(H,38,43)/t30-/m0/s1. The van der Waals surface area contributed by atoms with Crippen LogP contribution in [0.2, 0.25) is 11.1 Å². The third-order valence-corrected chi connectivity index (χ3v) is 11.2. The van der Waals surface area contributed by atoms with E-state index in [0.717, 1.165) is 54.7 Å². The fourth-order valence-electron chi connectivity index (χ4n) is 5.90. The summed E-state index contributed by atoms with van der Waals surface area (Å²) in [5.41, 5.74) is 1.61. The van der Waals surface area contributed by atoms with Crippen LogP contribution in [0, 0.1) is 5.92 Å². The highest BCUT2D eigenvalue weighted by Crippen LogP contribution is 2.31. The monoisotopic (exact) mass is 729 g/mol. The van der Waals surface area contributed by atoms with Crippen molar-refractivity contribution in [1.82, 2.24) is 14.6 Å². The van der Waals surface area contributed by atoms with Crippen molar-refractivity contribution < 1.29 is 33.4 Å². The average molecular weight is 730 g/mol. The molecule has 1 atom stereocenters. The zero-order chi connectivity index (χ0) is 35.4. The maximum Gasteiger partial charge on any atom is 0.417 e. The number of hydrogen-bond donors (Lipinski definition) is 2. The minimum Gasteiger partial charge on any atom is -0.444 e. The van der Waals surface area contributed by atoms with Gasteiger partial charge in [0.25, 0.3) is 0 Å². The minimum atomic E-state index is -2.10. The second kappa shape index (κ2) is 18.4. The molecule has 0 bridgehead atoms. The van der Waals surface area contributed by atoms with Gasteiger partial charge in [0.05, 0.1) is 6.54 Å². The minimum absolute atomic E-state index is 0.0271. The number of hydrogen-bond acceptors (Lipinski definition) is 8. The lowest BCUT2D eigenvalue weighted by Gasteiger charge is -2.27. The van der Waals surface area contributed by atoms with E-state index in [9.17, 15) is 24.0 Å². The Hall–Kier alpha value is -3.55. The predicted molar refractivity (Wildman–Crippen MR) is 193 cm³/mol. The molecule has 1 fully saturated rings. The van der Waals surface area contributed by atoms with Gasteiger partial charge in [0, 0.05) is 30.2 Å². The van der Waals surface area contributed by atoms with E-state index in [2.05, 4.69) is 9.70 Å². The molecule has 2 aromatic carbocycles. The largest absolute Gasteiger partial charge is 0.444 e. The summed E-state index contributed by atoms with van der Waals surface area (Å²) in [6, 6.07) is 14.6. The van der Waals surface area contributed by atoms with Gasteiger partial charge >= 0.3 is 12.2 Å². The zero-order valence-electron chi connectivity index (χ0n) is 28.4. The molecule has 2 aliphatic rings. The third-order valence-electron chi connectivity index (χ3n) is 8.33. The highest BCUT2D eigenvalue weighted by molar-refractivity contribution is 7.99. The first-order chi connectivity index (χ1) is 23.4. The van der Waals surface area contributed by atoms with Crippen molar-refractivity contribution >= 4 is 68.1 Å². The smallest absolute Gasteiger partial charge is 0.417 e. The molecule has 2 N–H and O–H groups in total. The van der Waals surface area contributed by atoms with E-state index in [0.29, 0.717) is 29.6 Å². The Morgan fingerprint density at radius 2 is 1.82 bits per heavy atom. The van der Waals surface area contributed by atoms with Crippen LogP contribution in [0.1, 0.15) is 76.8 Å². The first-order valence-electron chi connectivity index (χ1n) is 16.7. The number of benzene rings is 2. The molecule has 49 heavy (non-hydrogen) atoms. The molecule has 1 heterocycles. The van der Waals surface area contributed by atoms with Crippen LogP contribution >= 0.6 is 23.5 Å². The van der Waals surface area contributed by atoms with Gasteiger partial charge in [-0.25, -0.2) is 9.59 Å². The number of carbonyl (C=O) groups is 5. The van der Waals surface area contributed by atoms with Crippen molar-refractivity contribution in [3.63, 3.8) is 0 Å². The summed E-state index contributed by atoms with van der Waals surface area (Å²) in [6.45, 7) is 6.31. The molecule has 2 aromatic rings. The average Bonchev–Trinajstić information content (AvgIpc) is 3.27. The SMILES string of the molecule is CC(C)(C)OC(=O)N1CCN(C(=O)CC[Si](C=O)NC(=O)[C@H](CC2CCCCC2)SNC(=O)OCc2cccc(Cl)c2)c2ccccc2C1. The van der Waals surface area contributed by atoms with Gasteiger partial charge in [0.2, 0.25) is 20.8 Å². The first kappa shape index (κ1) is 38.3. The van der Waals surface area contributed by atoms with Crippen molar-refractivity contribution in [3.05, 3.63) is 64.7 Å². The molecular weight excluding hydrogens is 684 g/mol. The summed E-state index contributed by atoms with van der Waals surface area (Å²) < 4.78 is 13.5. The van der Waals surface area contributed by atoms with Crippen LogP contribution in [-0.2, 0) is 37.0 Å². The number of rotatable bonds is 12. The van der Waals surface area contributed by atoms with Crippen LogP contribution in [0.15, 0.2) is 48.5 Å². The Kier molecular flexibility index (Phi) is 14.4. The summed E-state index contributed by atoms with van der Waals surface area (Å²) in [7, 11) is -2.10. The highest BCUT2D eigenvalue weighted by Gasteiger charge is 2.31. The normalized spacial score (nSPS) is 15.9. The molecule has 4 amide bonds. The Labute approximate surface area is 299 Å². The quantitative estimate of drug-likeness (QED) is 0.142. The summed E-state index contributed by atoms with van der Waals surface area (Å²) >= 11 is 7.01. The topological polar surface area (TPSA) is 134 Å². The molecule has 1 radical (unpaired) electrons. The molecular formula is C35H46ClN4O7SSi. The first-order valence-corrected chi connectivity index (χ1v) is 19.8. The van der Waals surface area contributed by atoms with E-state index >= 15 is 0 Å². The number of halogens is 1. The van der Waals surface area contributed by atoms with E-state index in [1.54, 1.807) is 34.1 Å². The molecule has 0 unspecified atom stereocenters. The van der Waals surface area contributed by atoms with Crippen LogP contribution in [0.4, 0.5) is 15.3 Å². The zero-order valence-corrected chi connectivity index (χ0v) is 30.9. The third kappa shape index (κ3) is 12.4. The maximum absolute atomic E-state index is 13.6. The van der Waals surface area contributed by atoms with Crippen LogP contribution in [-0.4, -0.2) is 67.7 Å². The van der Waals surface area contributed by atoms with Gasteiger partial charge in [-0.05, 0) is 80.4 Å². The maximum atomic E-state index is 13.6. The number of carbonyl (C=O) groups excluding carboxylic acids is 5. The number of nitrogens with one attached hydrogen (secondary N) is 2. The number of fused-ring (bicyclic) bond motifs is 1. The van der Waals surface area contributed by atoms with Crippen molar-refractivity contribution in [2.45, 2.75) is 95.8 Å². The fraction of sp³-hybridized carbons (Fsp3) is 0.514. The van der Waals surface area contributed by atoms with Crippen molar-refractivity contribution in [2.24, 2.45) is 5.92 Å². The van der Waals surface area contributed by atoms with E-state index < -0.39 is 32.0 Å². The summed E-state index contributed by atoms with van der Waals surface area (Å²) in [5, 5.41) is -0.0931. The number of para-hydroxylation sites is 1. The predicted octanol–water partition coefficient (Wildman–Crippen LogP) is 6.61. The van der Waals surface area contributed by atoms with E-state index in [-0.39, 0.29) is 44.0 Å². The van der Waals surface area contributed by atoms with Crippen molar-refractivity contribution in [2.75, 3.05) is 18.0 Å². The van der Waals surface area contributed by atoms with Crippen molar-refractivity contribution in [1.29, 1.82) is 0 Å². The highest BCUT2D eigenvalue weighted by atomic mass is 35.5. The van der Waals surface area contributed by atoms with Gasteiger partial charge in [0.15, 0.2) is 0 Å². The summed E-state index contributed by atoms with van der Waals surface area (Å²) in [6.07, 6.45) is 4.84. The number of nitrogens with zero attached hydrogens (tertiary/aromatic N) is 2. The summed E-state index contributed by atoms with van der Waals surface area (Å²) in [4.78, 5) is 70.8. The van der Waals surface area contributed by atoms with E-state index in [4.69, 9.17) is 21.1 Å². The van der Waals surface area contributed by atoms with Gasteiger partial charge in [0.1, 0.15) is 23.4 Å². The van der Waals surface area contributed by atoms with Gasteiger partial charge < -0.3 is 29.1 Å². The molecule has 0 saturated heterocycles. The molecule has 265 valence electrons. The second-order valence-electron chi connectivity index (χ2n) is 13.4. The molecule has 1 aliphatic carbocycles. The second-order valence-corrected chi connectivity index (χ2v) is 16.8. The molecule has 14 heteroatoms. The summed E-state index contributed by atoms with van der Waals surface area (Å²) in [5.74, 6) is 0.533. The Morgan fingerprint density at radius 1 is 1.06 bits per heavy atom. The lowest BCUT2D eigenvalue weighted by molar-refractivity contribution is -0.120. The Balaban J connectivity index is 1.34. The fourth-order valence-corrected chi connectivity index (χ4v) is 8.32. The number of ether oxygens (including phenoxy) is 2. The van der Waals surface area contributed by atoms with Gasteiger partial charge in [-0.3, -0.25) is 14.3 Å².